The largest absolute Gasteiger partial charge is 0.341 e. The van der Waals surface area contributed by atoms with E-state index in [1.165, 1.54) is 13.2 Å². The number of sulfone groups is 1. The van der Waals surface area contributed by atoms with Crippen molar-refractivity contribution in [3.63, 3.8) is 0 Å². The highest BCUT2D eigenvalue weighted by molar-refractivity contribution is 8.00. The molecule has 140 valence electrons. The van der Waals surface area contributed by atoms with E-state index in [9.17, 15) is 13.2 Å². The molecule has 0 saturated carbocycles. The van der Waals surface area contributed by atoms with E-state index in [0.29, 0.717) is 16.4 Å². The third-order valence-electron chi connectivity index (χ3n) is 4.64. The fourth-order valence-electron chi connectivity index (χ4n) is 3.44. The monoisotopic (exact) mass is 402 g/mol. The van der Waals surface area contributed by atoms with E-state index < -0.39 is 15.8 Å². The Morgan fingerprint density at radius 3 is 2.63 bits per heavy atom. The summed E-state index contributed by atoms with van der Waals surface area (Å²) in [5, 5.41) is 5.84. The zero-order chi connectivity index (χ0) is 19.3. The molecule has 0 atom stereocenters. The van der Waals surface area contributed by atoms with Crippen LogP contribution in [0.5, 0.6) is 0 Å². The summed E-state index contributed by atoms with van der Waals surface area (Å²) in [5.74, 6) is 0.177. The van der Waals surface area contributed by atoms with Gasteiger partial charge in [0.1, 0.15) is 0 Å². The Hall–Kier alpha value is -2.32. The number of thioether (sulfide) groups is 1. The number of oxime groups is 1. The summed E-state index contributed by atoms with van der Waals surface area (Å²) < 4.78 is 26.2. The number of carbonyl (C=O) groups excluding carboxylic acids is 1. The Morgan fingerprint density at radius 1 is 1.22 bits per heavy atom. The molecule has 2 aromatic carbocycles. The van der Waals surface area contributed by atoms with Crippen molar-refractivity contribution in [1.29, 1.82) is 0 Å². The zero-order valence-electron chi connectivity index (χ0n) is 15.1. The standard InChI is InChI=1S/C19H18N2O4S2/c1-4-21-17-6-5-12(27(3,23)24)7-13(17)14-8-15-16(20-25-11(2)22)10-26-19(15)9-18(14)21/h5-9H,4,10H2,1-3H3. The highest BCUT2D eigenvalue weighted by Gasteiger charge is 2.23. The summed E-state index contributed by atoms with van der Waals surface area (Å²) in [6.45, 7) is 4.16. The van der Waals surface area contributed by atoms with Gasteiger partial charge in [-0.1, -0.05) is 5.16 Å². The van der Waals surface area contributed by atoms with E-state index in [1.54, 1.807) is 23.9 Å². The zero-order valence-corrected chi connectivity index (χ0v) is 16.8. The lowest BCUT2D eigenvalue weighted by Gasteiger charge is -2.05. The van der Waals surface area contributed by atoms with E-state index in [0.717, 1.165) is 38.8 Å². The predicted octanol–water partition coefficient (Wildman–Crippen LogP) is 3.59. The van der Waals surface area contributed by atoms with Crippen molar-refractivity contribution in [3.05, 3.63) is 35.9 Å². The van der Waals surface area contributed by atoms with Crippen LogP contribution in [0.3, 0.4) is 0 Å². The Bertz CT molecular complexity index is 1240. The van der Waals surface area contributed by atoms with Crippen LogP contribution in [0, 0.1) is 0 Å². The minimum absolute atomic E-state index is 0.300. The fourth-order valence-corrected chi connectivity index (χ4v) is 5.11. The second-order valence-corrected chi connectivity index (χ2v) is 9.50. The molecule has 0 fully saturated rings. The maximum Gasteiger partial charge on any atom is 0.331 e. The molecule has 1 aliphatic heterocycles. The average molecular weight is 402 g/mol. The van der Waals surface area contributed by atoms with Gasteiger partial charge in [-0.05, 0) is 37.3 Å². The second-order valence-electron chi connectivity index (χ2n) is 6.47. The Kier molecular flexibility index (Phi) is 4.27. The van der Waals surface area contributed by atoms with Gasteiger partial charge in [0, 0.05) is 52.2 Å². The Balaban J connectivity index is 2.01. The molecule has 0 spiro atoms. The number of fused-ring (bicyclic) bond motifs is 4. The molecular formula is C19H18N2O4S2. The fraction of sp³-hybridized carbons (Fsp3) is 0.263. The molecule has 0 saturated heterocycles. The summed E-state index contributed by atoms with van der Waals surface area (Å²) in [6, 6.07) is 9.37. The van der Waals surface area contributed by atoms with Crippen LogP contribution in [0.25, 0.3) is 21.8 Å². The number of aryl methyl sites for hydroxylation is 1. The van der Waals surface area contributed by atoms with E-state index in [-0.39, 0.29) is 0 Å². The number of aromatic nitrogens is 1. The maximum atomic E-state index is 12.0. The third-order valence-corrected chi connectivity index (χ3v) is 6.82. The number of hydrogen-bond acceptors (Lipinski definition) is 6. The van der Waals surface area contributed by atoms with E-state index in [2.05, 4.69) is 22.7 Å². The van der Waals surface area contributed by atoms with Gasteiger partial charge in [0.15, 0.2) is 9.84 Å². The molecular weight excluding hydrogens is 384 g/mol. The van der Waals surface area contributed by atoms with Gasteiger partial charge in [0.2, 0.25) is 0 Å². The first-order valence-corrected chi connectivity index (χ1v) is 11.3. The minimum Gasteiger partial charge on any atom is -0.341 e. The van der Waals surface area contributed by atoms with Crippen LogP contribution in [-0.4, -0.2) is 36.7 Å². The molecule has 6 nitrogen and oxygen atoms in total. The van der Waals surface area contributed by atoms with Gasteiger partial charge in [-0.3, -0.25) is 0 Å². The van der Waals surface area contributed by atoms with Crippen LogP contribution in [-0.2, 0) is 26.0 Å². The van der Waals surface area contributed by atoms with E-state index in [4.69, 9.17) is 4.84 Å². The molecule has 1 aromatic heterocycles. The Morgan fingerprint density at radius 2 is 1.96 bits per heavy atom. The first kappa shape index (κ1) is 18.1. The van der Waals surface area contributed by atoms with Crippen LogP contribution in [0.2, 0.25) is 0 Å². The summed E-state index contributed by atoms with van der Waals surface area (Å²) in [7, 11) is -3.30. The topological polar surface area (TPSA) is 77.7 Å². The van der Waals surface area contributed by atoms with Crippen molar-refractivity contribution < 1.29 is 18.0 Å². The third kappa shape index (κ3) is 3.02. The molecule has 3 aromatic rings. The predicted molar refractivity (Wildman–Crippen MR) is 107 cm³/mol. The first-order valence-electron chi connectivity index (χ1n) is 8.47. The van der Waals surface area contributed by atoms with Crippen LogP contribution < -0.4 is 0 Å². The summed E-state index contributed by atoms with van der Waals surface area (Å²) in [5.41, 5.74) is 3.68. The average Bonchev–Trinajstić information content (AvgIpc) is 3.14. The van der Waals surface area contributed by atoms with Crippen molar-refractivity contribution in [2.45, 2.75) is 30.2 Å². The lowest BCUT2D eigenvalue weighted by molar-refractivity contribution is -0.140. The number of carbonyl (C=O) groups is 1. The quantitative estimate of drug-likeness (QED) is 0.494. The molecule has 0 amide bonds. The molecule has 4 rings (SSSR count). The number of benzene rings is 2. The highest BCUT2D eigenvalue weighted by Crippen LogP contribution is 2.39. The van der Waals surface area contributed by atoms with Crippen molar-refractivity contribution in [1.82, 2.24) is 4.57 Å². The molecule has 27 heavy (non-hydrogen) atoms. The smallest absolute Gasteiger partial charge is 0.331 e. The molecule has 1 aliphatic rings. The van der Waals surface area contributed by atoms with Gasteiger partial charge in [-0.15, -0.1) is 11.8 Å². The van der Waals surface area contributed by atoms with Crippen molar-refractivity contribution in [3.8, 4) is 0 Å². The van der Waals surface area contributed by atoms with E-state index >= 15 is 0 Å². The number of rotatable bonds is 3. The van der Waals surface area contributed by atoms with E-state index in [1.807, 2.05) is 12.1 Å². The molecule has 0 radical (unpaired) electrons. The van der Waals surface area contributed by atoms with Crippen LogP contribution in [0.15, 0.2) is 45.3 Å². The SMILES string of the molecule is CCn1c2ccc(S(C)(=O)=O)cc2c2cc3c(cc21)SCC3=NOC(C)=O. The molecule has 0 bridgehead atoms. The second kappa shape index (κ2) is 6.38. The van der Waals surface area contributed by atoms with Crippen molar-refractivity contribution in [2.24, 2.45) is 5.16 Å². The van der Waals surface area contributed by atoms with Crippen molar-refractivity contribution >= 4 is 55.1 Å². The lowest BCUT2D eigenvalue weighted by Crippen LogP contribution is -2.02. The van der Waals surface area contributed by atoms with Crippen molar-refractivity contribution in [2.75, 3.05) is 12.0 Å². The van der Waals surface area contributed by atoms with Gasteiger partial charge in [-0.2, -0.15) is 0 Å². The van der Waals surface area contributed by atoms with Gasteiger partial charge in [0.05, 0.1) is 16.1 Å². The molecule has 0 aliphatic carbocycles. The van der Waals surface area contributed by atoms with Gasteiger partial charge in [-0.25, -0.2) is 13.2 Å². The van der Waals surface area contributed by atoms with Crippen LogP contribution in [0.4, 0.5) is 0 Å². The van der Waals surface area contributed by atoms with Gasteiger partial charge in [0.25, 0.3) is 0 Å². The number of nitrogens with zero attached hydrogens (tertiary/aromatic N) is 2. The van der Waals surface area contributed by atoms with Gasteiger partial charge >= 0.3 is 5.97 Å². The Labute approximate surface area is 161 Å². The molecule has 0 N–H and O–H groups in total. The summed E-state index contributed by atoms with van der Waals surface area (Å²) >= 11 is 1.65. The highest BCUT2D eigenvalue weighted by atomic mass is 32.2. The van der Waals surface area contributed by atoms with Gasteiger partial charge < -0.3 is 9.40 Å². The summed E-state index contributed by atoms with van der Waals surface area (Å²) in [4.78, 5) is 17.3. The maximum absolute atomic E-state index is 12.0. The first-order chi connectivity index (χ1) is 12.8. The lowest BCUT2D eigenvalue weighted by atomic mass is 10.1. The minimum atomic E-state index is -3.30. The van der Waals surface area contributed by atoms with Crippen LogP contribution >= 0.6 is 11.8 Å². The molecule has 8 heteroatoms. The van der Waals surface area contributed by atoms with Crippen LogP contribution in [0.1, 0.15) is 19.4 Å². The molecule has 0 unspecified atom stereocenters. The number of hydrogen-bond donors (Lipinski definition) is 0. The summed E-state index contributed by atoms with van der Waals surface area (Å²) in [6.07, 6.45) is 1.21. The normalized spacial score (nSPS) is 15.6. The molecule has 2 heterocycles.